The van der Waals surface area contributed by atoms with Crippen molar-refractivity contribution in [2.24, 2.45) is 0 Å². The quantitative estimate of drug-likeness (QED) is 0.818. The molecule has 1 amide bonds. The Labute approximate surface area is 114 Å². The van der Waals surface area contributed by atoms with Crippen LogP contribution in [0.1, 0.15) is 31.9 Å². The Morgan fingerprint density at radius 1 is 0.895 bits per heavy atom. The van der Waals surface area contributed by atoms with Crippen molar-refractivity contribution in [3.63, 3.8) is 0 Å². The molecule has 0 aliphatic carbocycles. The summed E-state index contributed by atoms with van der Waals surface area (Å²) in [4.78, 5) is 12.2. The molecular weight excluding hydrogens is 234 g/mol. The highest BCUT2D eigenvalue weighted by atomic mass is 16.2. The molecule has 2 aromatic carbocycles. The molecule has 1 aliphatic rings. The molecule has 98 valence electrons. The van der Waals surface area contributed by atoms with Gasteiger partial charge < -0.3 is 5.32 Å². The summed E-state index contributed by atoms with van der Waals surface area (Å²) < 4.78 is 0. The third kappa shape index (κ3) is 2.03. The number of rotatable bonds is 1. The van der Waals surface area contributed by atoms with E-state index in [0.29, 0.717) is 0 Å². The molecule has 0 saturated carbocycles. The zero-order chi connectivity index (χ0) is 13.9. The second-order valence-electron chi connectivity index (χ2n) is 4.49. The lowest BCUT2D eigenvalue weighted by atomic mass is 9.77. The lowest BCUT2D eigenvalue weighted by Crippen LogP contribution is -2.32. The maximum Gasteiger partial charge on any atom is 0.239 e. The third-order valence-corrected chi connectivity index (χ3v) is 3.52. The van der Waals surface area contributed by atoms with E-state index in [2.05, 4.69) is 5.32 Å². The first-order chi connectivity index (χ1) is 9.23. The minimum atomic E-state index is -0.572. The number of nitrogens with one attached hydrogen (secondary N) is 1. The molecule has 0 fully saturated rings. The van der Waals surface area contributed by atoms with Gasteiger partial charge in [-0.3, -0.25) is 4.79 Å². The number of carbonyl (C=O) groups excluding carboxylic acids is 1. The van der Waals surface area contributed by atoms with Crippen molar-refractivity contribution in [1.29, 1.82) is 0 Å². The van der Waals surface area contributed by atoms with E-state index in [0.717, 1.165) is 16.8 Å². The zero-order valence-electron chi connectivity index (χ0n) is 11.6. The first-order valence-electron chi connectivity index (χ1n) is 6.69. The molecule has 3 rings (SSSR count). The molecule has 0 spiro atoms. The van der Waals surface area contributed by atoms with Crippen molar-refractivity contribution in [1.82, 2.24) is 0 Å². The molecule has 2 aromatic rings. The summed E-state index contributed by atoms with van der Waals surface area (Å²) in [7, 11) is 0. The maximum atomic E-state index is 12.2. The van der Waals surface area contributed by atoms with E-state index >= 15 is 0 Å². The summed E-state index contributed by atoms with van der Waals surface area (Å²) in [5, 5.41) is 2.95. The highest BCUT2D eigenvalue weighted by Gasteiger charge is 2.43. The molecule has 0 aromatic heterocycles. The molecule has 2 nitrogen and oxygen atoms in total. The average Bonchev–Trinajstić information content (AvgIpc) is 2.75. The molecule has 1 N–H and O–H groups in total. The first-order valence-corrected chi connectivity index (χ1v) is 6.69. The molecule has 1 heterocycles. The molecule has 2 heteroatoms. The largest absolute Gasteiger partial charge is 0.325 e. The number of amides is 1. The first kappa shape index (κ1) is 13.3. The number of hydrogen-bond acceptors (Lipinski definition) is 1. The lowest BCUT2D eigenvalue weighted by molar-refractivity contribution is -0.119. The summed E-state index contributed by atoms with van der Waals surface area (Å²) in [6.07, 6.45) is 0. The smallest absolute Gasteiger partial charge is 0.239 e. The number of carbonyl (C=O) groups is 1. The molecule has 0 radical (unpaired) electrons. The van der Waals surface area contributed by atoms with E-state index in [1.165, 1.54) is 0 Å². The van der Waals surface area contributed by atoms with Gasteiger partial charge in [-0.1, -0.05) is 62.4 Å². The van der Waals surface area contributed by atoms with Crippen molar-refractivity contribution in [3.8, 4) is 0 Å². The van der Waals surface area contributed by atoms with E-state index in [1.54, 1.807) is 0 Å². The second-order valence-corrected chi connectivity index (χ2v) is 4.49. The number of para-hydroxylation sites is 1. The summed E-state index contributed by atoms with van der Waals surface area (Å²) in [6.45, 7) is 5.98. The van der Waals surface area contributed by atoms with Crippen LogP contribution in [0.3, 0.4) is 0 Å². The molecule has 19 heavy (non-hydrogen) atoms. The fourth-order valence-electron chi connectivity index (χ4n) is 2.46. The Morgan fingerprint density at radius 2 is 1.47 bits per heavy atom. The Bertz CT molecular complexity index is 577. The van der Waals surface area contributed by atoms with Crippen LogP contribution in [0.5, 0.6) is 0 Å². The van der Waals surface area contributed by atoms with Crippen LogP contribution in [-0.2, 0) is 10.2 Å². The van der Waals surface area contributed by atoms with Gasteiger partial charge in [0.1, 0.15) is 0 Å². The van der Waals surface area contributed by atoms with Crippen LogP contribution in [0.4, 0.5) is 5.69 Å². The van der Waals surface area contributed by atoms with Crippen LogP contribution < -0.4 is 5.32 Å². The third-order valence-electron chi connectivity index (χ3n) is 3.52. The van der Waals surface area contributed by atoms with E-state index in [9.17, 15) is 4.79 Å². The molecule has 1 atom stereocenters. The predicted molar refractivity (Wildman–Crippen MR) is 79.3 cm³/mol. The van der Waals surface area contributed by atoms with E-state index < -0.39 is 5.41 Å². The van der Waals surface area contributed by atoms with E-state index in [-0.39, 0.29) is 5.91 Å². The fourth-order valence-corrected chi connectivity index (χ4v) is 2.46. The fraction of sp³-hybridized carbons (Fsp3) is 0.235. The Kier molecular flexibility index (Phi) is 3.70. The molecular formula is C17H19NO. The molecule has 1 unspecified atom stereocenters. The van der Waals surface area contributed by atoms with Crippen LogP contribution in [0, 0.1) is 0 Å². The van der Waals surface area contributed by atoms with Gasteiger partial charge in [-0.15, -0.1) is 0 Å². The van der Waals surface area contributed by atoms with Gasteiger partial charge in [0.25, 0.3) is 0 Å². The van der Waals surface area contributed by atoms with Gasteiger partial charge in [-0.2, -0.15) is 0 Å². The molecule has 1 aliphatic heterocycles. The van der Waals surface area contributed by atoms with Crippen molar-refractivity contribution in [2.75, 3.05) is 5.32 Å². The molecule has 0 saturated heterocycles. The minimum Gasteiger partial charge on any atom is -0.325 e. The second kappa shape index (κ2) is 5.27. The Balaban J connectivity index is 0.000000637. The minimum absolute atomic E-state index is 0.0462. The predicted octanol–water partition coefficient (Wildman–Crippen LogP) is 3.97. The number of benzene rings is 2. The number of anilines is 1. The van der Waals surface area contributed by atoms with Crippen LogP contribution in [0.2, 0.25) is 0 Å². The Hall–Kier alpha value is -2.09. The summed E-state index contributed by atoms with van der Waals surface area (Å²) in [6, 6.07) is 17.8. The van der Waals surface area contributed by atoms with Crippen LogP contribution in [0.25, 0.3) is 0 Å². The zero-order valence-corrected chi connectivity index (χ0v) is 11.6. The van der Waals surface area contributed by atoms with Gasteiger partial charge in [0, 0.05) is 5.69 Å². The van der Waals surface area contributed by atoms with Crippen molar-refractivity contribution in [3.05, 3.63) is 65.7 Å². The number of fused-ring (bicyclic) bond motifs is 1. The standard InChI is InChI=1S/C15H13NO.C2H6/c1-15(11-7-3-2-4-8-11)12-9-5-6-10-13(12)16-14(15)17;1-2/h2-10H,1H3,(H,16,17);1-2H3. The number of hydrogen-bond donors (Lipinski definition) is 1. The van der Waals surface area contributed by atoms with E-state index in [4.69, 9.17) is 0 Å². The monoisotopic (exact) mass is 253 g/mol. The maximum absolute atomic E-state index is 12.2. The highest BCUT2D eigenvalue weighted by Crippen LogP contribution is 2.42. The van der Waals surface area contributed by atoms with Gasteiger partial charge >= 0.3 is 0 Å². The van der Waals surface area contributed by atoms with Gasteiger partial charge in [0.2, 0.25) is 5.91 Å². The van der Waals surface area contributed by atoms with Crippen molar-refractivity contribution >= 4 is 11.6 Å². The van der Waals surface area contributed by atoms with Crippen molar-refractivity contribution in [2.45, 2.75) is 26.2 Å². The average molecular weight is 253 g/mol. The van der Waals surface area contributed by atoms with Crippen LogP contribution in [0.15, 0.2) is 54.6 Å². The Morgan fingerprint density at radius 3 is 2.16 bits per heavy atom. The summed E-state index contributed by atoms with van der Waals surface area (Å²) >= 11 is 0. The topological polar surface area (TPSA) is 29.1 Å². The SMILES string of the molecule is CC.CC1(c2ccccc2)C(=O)Nc2ccccc21. The highest BCUT2D eigenvalue weighted by molar-refractivity contribution is 6.08. The molecule has 0 bridgehead atoms. The van der Waals surface area contributed by atoms with E-state index in [1.807, 2.05) is 75.4 Å². The van der Waals surface area contributed by atoms with Gasteiger partial charge in [-0.05, 0) is 24.1 Å². The normalized spacial score (nSPS) is 20.1. The van der Waals surface area contributed by atoms with Gasteiger partial charge in [0.15, 0.2) is 0 Å². The summed E-state index contributed by atoms with van der Waals surface area (Å²) in [5.41, 5.74) is 2.43. The van der Waals surface area contributed by atoms with Gasteiger partial charge in [-0.25, -0.2) is 0 Å². The lowest BCUT2D eigenvalue weighted by Gasteiger charge is -2.22. The van der Waals surface area contributed by atoms with Gasteiger partial charge in [0.05, 0.1) is 5.41 Å². The summed E-state index contributed by atoms with van der Waals surface area (Å²) in [5.74, 6) is 0.0462. The van der Waals surface area contributed by atoms with Crippen LogP contribution in [-0.4, -0.2) is 5.91 Å². The van der Waals surface area contributed by atoms with Crippen molar-refractivity contribution < 1.29 is 4.79 Å². The van der Waals surface area contributed by atoms with Crippen LogP contribution >= 0.6 is 0 Å².